The van der Waals surface area contributed by atoms with Crippen LogP contribution >= 0.6 is 11.6 Å². The number of halogens is 4. The molecule has 1 saturated heterocycles. The van der Waals surface area contributed by atoms with E-state index in [2.05, 4.69) is 10.1 Å². The van der Waals surface area contributed by atoms with Crippen LogP contribution in [0.5, 0.6) is 5.75 Å². The largest absolute Gasteiger partial charge is 0.573 e. The van der Waals surface area contributed by atoms with Crippen molar-refractivity contribution in [3.05, 3.63) is 58.6 Å². The Kier molecular flexibility index (Phi) is 4.30. The van der Waals surface area contributed by atoms with Gasteiger partial charge in [0.05, 0.1) is 13.0 Å². The Labute approximate surface area is 167 Å². The summed E-state index contributed by atoms with van der Waals surface area (Å²) < 4.78 is 41.6. The summed E-state index contributed by atoms with van der Waals surface area (Å²) in [5.41, 5.74) is -1.15. The van der Waals surface area contributed by atoms with Crippen LogP contribution in [0.2, 0.25) is 5.02 Å². The third-order valence-electron chi connectivity index (χ3n) is 4.90. The summed E-state index contributed by atoms with van der Waals surface area (Å²) in [7, 11) is 0. The van der Waals surface area contributed by atoms with Gasteiger partial charge in [-0.1, -0.05) is 23.7 Å². The molecule has 6 nitrogen and oxygen atoms in total. The second kappa shape index (κ2) is 6.48. The zero-order valence-corrected chi connectivity index (χ0v) is 15.3. The molecule has 1 spiro atoms. The summed E-state index contributed by atoms with van der Waals surface area (Å²) in [6.07, 6.45) is -5.42. The number of ether oxygens (including phenoxy) is 1. The molecule has 10 heteroatoms. The number of likely N-dealkylation sites (tertiary alicyclic amines) is 1. The number of fused-ring (bicyclic) bond motifs is 2. The van der Waals surface area contributed by atoms with Gasteiger partial charge in [0.2, 0.25) is 17.7 Å². The van der Waals surface area contributed by atoms with E-state index in [-0.39, 0.29) is 17.8 Å². The van der Waals surface area contributed by atoms with Gasteiger partial charge >= 0.3 is 6.36 Å². The average molecular weight is 425 g/mol. The van der Waals surface area contributed by atoms with Crippen LogP contribution in [-0.4, -0.2) is 29.0 Å². The minimum Gasteiger partial charge on any atom is -0.406 e. The lowest BCUT2D eigenvalue weighted by atomic mass is 9.80. The Morgan fingerprint density at radius 1 is 1.10 bits per heavy atom. The first kappa shape index (κ1) is 19.3. The number of benzene rings is 2. The molecule has 0 bridgehead atoms. The molecular weight excluding hydrogens is 413 g/mol. The maximum Gasteiger partial charge on any atom is 0.573 e. The van der Waals surface area contributed by atoms with E-state index < -0.39 is 41.7 Å². The highest BCUT2D eigenvalue weighted by Crippen LogP contribution is 2.47. The van der Waals surface area contributed by atoms with Crippen molar-refractivity contribution in [2.75, 3.05) is 5.32 Å². The van der Waals surface area contributed by atoms with Gasteiger partial charge in [0.15, 0.2) is 5.41 Å². The second-order valence-electron chi connectivity index (χ2n) is 6.70. The highest BCUT2D eigenvalue weighted by Gasteiger charge is 2.61. The van der Waals surface area contributed by atoms with Crippen LogP contribution in [-0.2, 0) is 26.3 Å². The van der Waals surface area contributed by atoms with Gasteiger partial charge in [-0.3, -0.25) is 19.3 Å². The molecule has 0 aromatic heterocycles. The van der Waals surface area contributed by atoms with E-state index in [4.69, 9.17) is 11.6 Å². The number of nitrogens with zero attached hydrogens (tertiary/aromatic N) is 1. The quantitative estimate of drug-likeness (QED) is 0.605. The third kappa shape index (κ3) is 3.21. The first-order chi connectivity index (χ1) is 13.6. The maximum atomic E-state index is 13.1. The molecule has 2 aromatic carbocycles. The van der Waals surface area contributed by atoms with Crippen molar-refractivity contribution in [1.82, 2.24) is 4.90 Å². The summed E-state index contributed by atoms with van der Waals surface area (Å²) in [5, 5.41) is 2.95. The van der Waals surface area contributed by atoms with E-state index in [1.807, 2.05) is 0 Å². The van der Waals surface area contributed by atoms with Crippen molar-refractivity contribution in [2.24, 2.45) is 0 Å². The number of hydrogen-bond acceptors (Lipinski definition) is 4. The minimum absolute atomic E-state index is 0.0128. The van der Waals surface area contributed by atoms with Gasteiger partial charge in [0, 0.05) is 16.3 Å². The van der Waals surface area contributed by atoms with Crippen LogP contribution in [0.4, 0.5) is 18.9 Å². The number of imide groups is 1. The average Bonchev–Trinajstić information content (AvgIpc) is 3.05. The molecular formula is C19H12ClF3N2O4. The number of nitrogens with one attached hydrogen (secondary N) is 1. The monoisotopic (exact) mass is 424 g/mol. The number of amides is 3. The molecule has 2 aromatic rings. The number of carbonyl (C=O) groups is 3. The van der Waals surface area contributed by atoms with Gasteiger partial charge < -0.3 is 10.1 Å². The fourth-order valence-electron chi connectivity index (χ4n) is 3.60. The molecule has 2 aliphatic rings. The maximum absolute atomic E-state index is 13.1. The van der Waals surface area contributed by atoms with E-state index in [0.717, 1.165) is 17.0 Å². The van der Waals surface area contributed by atoms with Gasteiger partial charge in [-0.15, -0.1) is 13.2 Å². The predicted molar refractivity (Wildman–Crippen MR) is 95.1 cm³/mol. The lowest BCUT2D eigenvalue weighted by Gasteiger charge is -2.21. The van der Waals surface area contributed by atoms with E-state index in [0.29, 0.717) is 10.6 Å². The van der Waals surface area contributed by atoms with Crippen molar-refractivity contribution in [2.45, 2.75) is 24.7 Å². The summed E-state index contributed by atoms with van der Waals surface area (Å²) in [6, 6.07) is 9.66. The SMILES string of the molecule is O=C1CC2(C(=O)Nc3ccc(OC(F)(F)F)cc32)C(=O)N1Cc1ccc(Cl)cc1. The second-order valence-corrected chi connectivity index (χ2v) is 7.14. The summed E-state index contributed by atoms with van der Waals surface area (Å²) >= 11 is 5.83. The zero-order valence-electron chi connectivity index (χ0n) is 14.5. The number of anilines is 1. The minimum atomic E-state index is -4.94. The first-order valence-electron chi connectivity index (χ1n) is 8.41. The number of alkyl halides is 3. The molecule has 2 heterocycles. The first-order valence-corrected chi connectivity index (χ1v) is 8.79. The zero-order chi connectivity index (χ0) is 21.0. The summed E-state index contributed by atoms with van der Waals surface area (Å²) in [6.45, 7) is -0.0854. The van der Waals surface area contributed by atoms with Crippen molar-refractivity contribution < 1.29 is 32.3 Å². The number of rotatable bonds is 3. The van der Waals surface area contributed by atoms with Gasteiger partial charge in [-0.2, -0.15) is 0 Å². The van der Waals surface area contributed by atoms with Crippen molar-refractivity contribution >= 4 is 35.0 Å². The van der Waals surface area contributed by atoms with Crippen LogP contribution < -0.4 is 10.1 Å². The molecule has 3 amide bonds. The molecule has 1 atom stereocenters. The Bertz CT molecular complexity index is 1040. The molecule has 0 saturated carbocycles. The molecule has 2 aliphatic heterocycles. The summed E-state index contributed by atoms with van der Waals surface area (Å²) in [5.74, 6) is -2.73. The van der Waals surface area contributed by atoms with E-state index >= 15 is 0 Å². The van der Waals surface area contributed by atoms with Crippen LogP contribution in [0.1, 0.15) is 17.5 Å². The summed E-state index contributed by atoms with van der Waals surface area (Å²) in [4.78, 5) is 39.3. The predicted octanol–water partition coefficient (Wildman–Crippen LogP) is 3.39. The van der Waals surface area contributed by atoms with Crippen LogP contribution in [0, 0.1) is 0 Å². The topological polar surface area (TPSA) is 75.7 Å². The third-order valence-corrected chi connectivity index (χ3v) is 5.15. The molecule has 1 fully saturated rings. The molecule has 1 unspecified atom stereocenters. The number of hydrogen-bond donors (Lipinski definition) is 1. The highest BCUT2D eigenvalue weighted by molar-refractivity contribution is 6.30. The Morgan fingerprint density at radius 3 is 2.45 bits per heavy atom. The normalized spacial score (nSPS) is 21.0. The fourth-order valence-corrected chi connectivity index (χ4v) is 3.72. The van der Waals surface area contributed by atoms with Crippen molar-refractivity contribution in [3.8, 4) is 5.75 Å². The number of carbonyl (C=O) groups excluding carboxylic acids is 3. The van der Waals surface area contributed by atoms with E-state index in [1.54, 1.807) is 24.3 Å². The standard InChI is InChI=1S/C19H12ClF3N2O4/c20-11-3-1-10(2-4-11)9-25-15(26)8-18(17(25)28)13-7-12(29-19(21,22)23)5-6-14(13)24-16(18)27/h1-7H,8-9H2,(H,24,27). The molecule has 150 valence electrons. The van der Waals surface area contributed by atoms with Crippen LogP contribution in [0.3, 0.4) is 0 Å². The Morgan fingerprint density at radius 2 is 1.79 bits per heavy atom. The molecule has 0 radical (unpaired) electrons. The smallest absolute Gasteiger partial charge is 0.406 e. The molecule has 4 rings (SSSR count). The Hall–Kier alpha value is -3.07. The van der Waals surface area contributed by atoms with E-state index in [1.165, 1.54) is 6.07 Å². The van der Waals surface area contributed by atoms with Crippen molar-refractivity contribution in [3.63, 3.8) is 0 Å². The highest BCUT2D eigenvalue weighted by atomic mass is 35.5. The fraction of sp³-hybridized carbons (Fsp3) is 0.211. The van der Waals surface area contributed by atoms with E-state index in [9.17, 15) is 27.6 Å². The van der Waals surface area contributed by atoms with Gasteiger partial charge in [0.25, 0.3) is 0 Å². The lowest BCUT2D eigenvalue weighted by Crippen LogP contribution is -2.43. The lowest BCUT2D eigenvalue weighted by molar-refractivity contribution is -0.274. The molecule has 29 heavy (non-hydrogen) atoms. The van der Waals surface area contributed by atoms with Crippen molar-refractivity contribution in [1.29, 1.82) is 0 Å². The Balaban J connectivity index is 1.70. The van der Waals surface area contributed by atoms with Gasteiger partial charge in [-0.05, 0) is 35.9 Å². The van der Waals surface area contributed by atoms with Gasteiger partial charge in [-0.25, -0.2) is 0 Å². The molecule has 1 N–H and O–H groups in total. The van der Waals surface area contributed by atoms with Crippen LogP contribution in [0.15, 0.2) is 42.5 Å². The molecule has 0 aliphatic carbocycles. The van der Waals surface area contributed by atoms with Crippen LogP contribution in [0.25, 0.3) is 0 Å². The van der Waals surface area contributed by atoms with Gasteiger partial charge in [0.1, 0.15) is 5.75 Å².